The van der Waals surface area contributed by atoms with Crippen molar-refractivity contribution in [3.8, 4) is 0 Å². The molecule has 4 nitrogen and oxygen atoms in total. The molecule has 0 aliphatic rings. The van der Waals surface area contributed by atoms with E-state index in [9.17, 15) is 9.90 Å². The highest BCUT2D eigenvalue weighted by molar-refractivity contribution is 5.89. The van der Waals surface area contributed by atoms with E-state index in [0.29, 0.717) is 31.5 Å². The number of carboxylic acid groups (broad SMARTS) is 1. The Morgan fingerprint density at radius 3 is 2.44 bits per heavy atom. The molecule has 0 heterocycles. The molecule has 0 radical (unpaired) electrons. The standard InChI is InChI=1S/C14H21NO3/c1-3-14(18,4-2)10-15-9-11-7-5-6-8-12(11)13(16)17/h5-8,15,18H,3-4,9-10H2,1-2H3,(H,16,17). The third kappa shape index (κ3) is 3.82. The van der Waals surface area contributed by atoms with Gasteiger partial charge in [-0.3, -0.25) is 0 Å². The Hall–Kier alpha value is -1.39. The van der Waals surface area contributed by atoms with Crippen molar-refractivity contribution in [3.05, 3.63) is 35.4 Å². The average molecular weight is 251 g/mol. The molecule has 0 saturated carbocycles. The molecular weight excluding hydrogens is 230 g/mol. The van der Waals surface area contributed by atoms with Crippen molar-refractivity contribution in [1.29, 1.82) is 0 Å². The summed E-state index contributed by atoms with van der Waals surface area (Å²) < 4.78 is 0. The third-order valence-corrected chi connectivity index (χ3v) is 3.33. The van der Waals surface area contributed by atoms with E-state index in [4.69, 9.17) is 5.11 Å². The van der Waals surface area contributed by atoms with Crippen molar-refractivity contribution in [1.82, 2.24) is 5.32 Å². The van der Waals surface area contributed by atoms with Gasteiger partial charge in [0.1, 0.15) is 0 Å². The van der Waals surface area contributed by atoms with Gasteiger partial charge in [-0.1, -0.05) is 32.0 Å². The fourth-order valence-corrected chi connectivity index (χ4v) is 1.81. The van der Waals surface area contributed by atoms with E-state index in [-0.39, 0.29) is 0 Å². The first-order valence-electron chi connectivity index (χ1n) is 6.26. The van der Waals surface area contributed by atoms with Crippen LogP contribution in [-0.4, -0.2) is 28.3 Å². The van der Waals surface area contributed by atoms with Crippen LogP contribution in [0.4, 0.5) is 0 Å². The highest BCUT2D eigenvalue weighted by atomic mass is 16.4. The van der Waals surface area contributed by atoms with Crippen molar-refractivity contribution >= 4 is 5.97 Å². The number of carboxylic acids is 1. The molecular formula is C14H21NO3. The second-order valence-electron chi connectivity index (χ2n) is 4.50. The van der Waals surface area contributed by atoms with E-state index in [0.717, 1.165) is 5.56 Å². The van der Waals surface area contributed by atoms with Gasteiger partial charge in [0.25, 0.3) is 0 Å². The Morgan fingerprint density at radius 1 is 1.28 bits per heavy atom. The van der Waals surface area contributed by atoms with Crippen LogP contribution < -0.4 is 5.32 Å². The van der Waals surface area contributed by atoms with Crippen LogP contribution in [0.1, 0.15) is 42.6 Å². The minimum atomic E-state index is -0.923. The molecule has 0 amide bonds. The van der Waals surface area contributed by atoms with E-state index in [1.807, 2.05) is 19.9 Å². The summed E-state index contributed by atoms with van der Waals surface area (Å²) in [6, 6.07) is 6.90. The van der Waals surface area contributed by atoms with Gasteiger partial charge in [-0.2, -0.15) is 0 Å². The predicted molar refractivity (Wildman–Crippen MR) is 70.6 cm³/mol. The van der Waals surface area contributed by atoms with Gasteiger partial charge in [-0.15, -0.1) is 0 Å². The van der Waals surface area contributed by atoms with E-state index in [1.165, 1.54) is 0 Å². The lowest BCUT2D eigenvalue weighted by Crippen LogP contribution is -2.39. The van der Waals surface area contributed by atoms with Gasteiger partial charge in [0.05, 0.1) is 11.2 Å². The number of hydrogen-bond acceptors (Lipinski definition) is 3. The minimum Gasteiger partial charge on any atom is -0.478 e. The first-order valence-corrected chi connectivity index (χ1v) is 6.26. The lowest BCUT2D eigenvalue weighted by molar-refractivity contribution is 0.0323. The van der Waals surface area contributed by atoms with Crippen LogP contribution in [0.25, 0.3) is 0 Å². The van der Waals surface area contributed by atoms with Crippen LogP contribution in [0.2, 0.25) is 0 Å². The molecule has 0 aromatic heterocycles. The first-order chi connectivity index (χ1) is 8.52. The highest BCUT2D eigenvalue weighted by Gasteiger charge is 2.21. The number of rotatable bonds is 7. The maximum Gasteiger partial charge on any atom is 0.336 e. The Kier molecular flexibility index (Phi) is 5.31. The van der Waals surface area contributed by atoms with Gasteiger partial charge in [0.15, 0.2) is 0 Å². The second kappa shape index (κ2) is 6.52. The van der Waals surface area contributed by atoms with Gasteiger partial charge < -0.3 is 15.5 Å². The van der Waals surface area contributed by atoms with Crippen LogP contribution in [-0.2, 0) is 6.54 Å². The number of benzene rings is 1. The molecule has 1 aromatic carbocycles. The summed E-state index contributed by atoms with van der Waals surface area (Å²) in [5.41, 5.74) is 0.333. The predicted octanol–water partition coefficient (Wildman–Crippen LogP) is 2.03. The van der Waals surface area contributed by atoms with Crippen LogP contribution in [0.3, 0.4) is 0 Å². The zero-order valence-electron chi connectivity index (χ0n) is 10.9. The van der Waals surface area contributed by atoms with E-state index in [2.05, 4.69) is 5.32 Å². The number of aliphatic hydroxyl groups is 1. The molecule has 0 bridgehead atoms. The average Bonchev–Trinajstić information content (AvgIpc) is 2.39. The molecule has 0 aliphatic heterocycles. The Morgan fingerprint density at radius 2 is 1.89 bits per heavy atom. The van der Waals surface area contributed by atoms with E-state index >= 15 is 0 Å². The second-order valence-corrected chi connectivity index (χ2v) is 4.50. The molecule has 1 rings (SSSR count). The normalized spacial score (nSPS) is 11.5. The molecule has 1 aromatic rings. The van der Waals surface area contributed by atoms with Crippen molar-refractivity contribution < 1.29 is 15.0 Å². The fraction of sp³-hybridized carbons (Fsp3) is 0.500. The van der Waals surface area contributed by atoms with Gasteiger partial charge in [0.2, 0.25) is 0 Å². The Bertz CT molecular complexity index is 400. The minimum absolute atomic E-state index is 0.307. The molecule has 0 fully saturated rings. The molecule has 0 atom stereocenters. The summed E-state index contributed by atoms with van der Waals surface area (Å²) in [5, 5.41) is 22.3. The quantitative estimate of drug-likeness (QED) is 0.693. The number of carbonyl (C=O) groups is 1. The highest BCUT2D eigenvalue weighted by Crippen LogP contribution is 2.14. The van der Waals surface area contributed by atoms with Crippen molar-refractivity contribution in [3.63, 3.8) is 0 Å². The van der Waals surface area contributed by atoms with Crippen LogP contribution in [0.5, 0.6) is 0 Å². The molecule has 100 valence electrons. The van der Waals surface area contributed by atoms with Crippen molar-refractivity contribution in [2.24, 2.45) is 0 Å². The largest absolute Gasteiger partial charge is 0.478 e. The fourth-order valence-electron chi connectivity index (χ4n) is 1.81. The maximum absolute atomic E-state index is 11.0. The maximum atomic E-state index is 11.0. The van der Waals surface area contributed by atoms with Crippen LogP contribution >= 0.6 is 0 Å². The van der Waals surface area contributed by atoms with Crippen molar-refractivity contribution in [2.45, 2.75) is 38.8 Å². The zero-order valence-corrected chi connectivity index (χ0v) is 10.9. The van der Waals surface area contributed by atoms with E-state index in [1.54, 1.807) is 18.2 Å². The summed E-state index contributed by atoms with van der Waals surface area (Å²) in [4.78, 5) is 11.0. The summed E-state index contributed by atoms with van der Waals surface area (Å²) in [5.74, 6) is -0.923. The van der Waals surface area contributed by atoms with Gasteiger partial charge in [0, 0.05) is 13.1 Å². The molecule has 0 unspecified atom stereocenters. The monoisotopic (exact) mass is 251 g/mol. The van der Waals surface area contributed by atoms with Crippen LogP contribution in [0, 0.1) is 0 Å². The van der Waals surface area contributed by atoms with E-state index < -0.39 is 11.6 Å². The van der Waals surface area contributed by atoms with Gasteiger partial charge >= 0.3 is 5.97 Å². The number of hydrogen-bond donors (Lipinski definition) is 3. The molecule has 4 heteroatoms. The third-order valence-electron chi connectivity index (χ3n) is 3.33. The molecule has 0 saturated heterocycles. The van der Waals surface area contributed by atoms with Crippen LogP contribution in [0.15, 0.2) is 24.3 Å². The summed E-state index contributed by atoms with van der Waals surface area (Å²) in [6.07, 6.45) is 1.36. The summed E-state index contributed by atoms with van der Waals surface area (Å²) in [7, 11) is 0. The molecule has 3 N–H and O–H groups in total. The lowest BCUT2D eigenvalue weighted by atomic mass is 9.97. The Labute approximate surface area is 108 Å². The zero-order chi connectivity index (χ0) is 13.6. The summed E-state index contributed by atoms with van der Waals surface area (Å²) >= 11 is 0. The van der Waals surface area contributed by atoms with Gasteiger partial charge in [-0.05, 0) is 24.5 Å². The lowest BCUT2D eigenvalue weighted by Gasteiger charge is -2.25. The molecule has 18 heavy (non-hydrogen) atoms. The summed E-state index contributed by atoms with van der Waals surface area (Å²) in [6.45, 7) is 4.80. The first kappa shape index (κ1) is 14.7. The molecule has 0 spiro atoms. The SMILES string of the molecule is CCC(O)(CC)CNCc1ccccc1C(=O)O. The number of nitrogens with one attached hydrogen (secondary N) is 1. The number of aromatic carboxylic acids is 1. The Balaban J connectivity index is 2.62. The van der Waals surface area contributed by atoms with Crippen molar-refractivity contribution in [2.75, 3.05) is 6.54 Å². The molecule has 0 aliphatic carbocycles. The smallest absolute Gasteiger partial charge is 0.336 e. The topological polar surface area (TPSA) is 69.6 Å². The van der Waals surface area contributed by atoms with Gasteiger partial charge in [-0.25, -0.2) is 4.79 Å².